The molecule has 1 aromatic carbocycles. The number of halogens is 2. The predicted octanol–water partition coefficient (Wildman–Crippen LogP) is 1.81. The molecule has 138 valence electrons. The number of amides is 2. The highest BCUT2D eigenvalue weighted by Crippen LogP contribution is 2.23. The second-order valence-corrected chi connectivity index (χ2v) is 6.07. The molecule has 9 heteroatoms. The zero-order valence-electron chi connectivity index (χ0n) is 14.1. The number of rotatable bonds is 5. The number of aromatic amines is 1. The molecule has 0 saturated carbocycles. The fraction of sp³-hybridized carbons (Fsp3) is 0.235. The first-order valence-electron chi connectivity index (χ1n) is 7.64. The Balaban J connectivity index is 2.46. The average molecular weight is 382 g/mol. The predicted molar refractivity (Wildman–Crippen MR) is 93.8 cm³/mol. The maximum Gasteiger partial charge on any atom is 0.291 e. The van der Waals surface area contributed by atoms with Crippen molar-refractivity contribution in [2.24, 2.45) is 5.73 Å². The molecule has 0 bridgehead atoms. The van der Waals surface area contributed by atoms with Crippen molar-refractivity contribution in [2.75, 3.05) is 7.05 Å². The van der Waals surface area contributed by atoms with Crippen molar-refractivity contribution in [3.63, 3.8) is 0 Å². The van der Waals surface area contributed by atoms with Crippen molar-refractivity contribution >= 4 is 23.4 Å². The Morgan fingerprint density at radius 3 is 2.58 bits per heavy atom. The summed E-state index contributed by atoms with van der Waals surface area (Å²) in [4.78, 5) is 39.6. The summed E-state index contributed by atoms with van der Waals surface area (Å²) in [6, 6.07) is 4.00. The summed E-state index contributed by atoms with van der Waals surface area (Å²) < 4.78 is 13.2. The molecule has 0 aliphatic heterocycles. The maximum absolute atomic E-state index is 13.2. The number of nitrogens with zero attached hydrogens (tertiary/aromatic N) is 1. The Morgan fingerprint density at radius 1 is 1.38 bits per heavy atom. The third-order valence-corrected chi connectivity index (χ3v) is 4.15. The van der Waals surface area contributed by atoms with Crippen LogP contribution >= 0.6 is 11.6 Å². The Bertz CT molecular complexity index is 942. The smallest absolute Gasteiger partial charge is 0.291 e. The van der Waals surface area contributed by atoms with Gasteiger partial charge in [0, 0.05) is 13.6 Å². The molecule has 0 saturated heterocycles. The third kappa shape index (κ3) is 3.70. The lowest BCUT2D eigenvalue weighted by atomic mass is 10.0. The van der Waals surface area contributed by atoms with Gasteiger partial charge in [-0.05, 0) is 29.7 Å². The zero-order valence-corrected chi connectivity index (χ0v) is 14.9. The van der Waals surface area contributed by atoms with Gasteiger partial charge < -0.3 is 20.7 Å². The fourth-order valence-corrected chi connectivity index (χ4v) is 2.80. The lowest BCUT2D eigenvalue weighted by molar-refractivity contribution is 0.0780. The molecule has 4 N–H and O–H groups in total. The monoisotopic (exact) mass is 381 g/mol. The molecular weight excluding hydrogens is 365 g/mol. The molecule has 0 unspecified atom stereocenters. The number of carbonyl (C=O) groups is 2. The van der Waals surface area contributed by atoms with Gasteiger partial charge in [0.2, 0.25) is 0 Å². The van der Waals surface area contributed by atoms with Gasteiger partial charge in [-0.1, -0.05) is 24.6 Å². The largest absolute Gasteiger partial charge is 0.502 e. The summed E-state index contributed by atoms with van der Waals surface area (Å²) in [6.07, 6.45) is 0.180. The van der Waals surface area contributed by atoms with Crippen LogP contribution in [-0.4, -0.2) is 33.9 Å². The van der Waals surface area contributed by atoms with Crippen molar-refractivity contribution in [3.05, 3.63) is 61.8 Å². The summed E-state index contributed by atoms with van der Waals surface area (Å²) in [5.74, 6) is -2.98. The number of hydrogen-bond acceptors (Lipinski definition) is 4. The highest BCUT2D eigenvalue weighted by molar-refractivity contribution is 6.30. The van der Waals surface area contributed by atoms with Gasteiger partial charge in [-0.25, -0.2) is 4.39 Å². The number of H-pyrrole nitrogens is 1. The standard InChI is InChI=1S/C17H17ClFN3O4/c1-3-9-12(14(23)16(25)21-13(9)15(20)24)17(26)22(2)7-8-4-5-11(19)10(18)6-8/h4-6,23H,3,7H2,1-2H3,(H2,20,24)(H,21,25). The minimum absolute atomic E-state index is 0.0418. The highest BCUT2D eigenvalue weighted by atomic mass is 35.5. The Kier molecular flexibility index (Phi) is 5.66. The molecule has 1 heterocycles. The van der Waals surface area contributed by atoms with Gasteiger partial charge in [-0.3, -0.25) is 14.4 Å². The molecule has 2 amide bonds. The molecule has 0 radical (unpaired) electrons. The van der Waals surface area contributed by atoms with Gasteiger partial charge >= 0.3 is 0 Å². The van der Waals surface area contributed by atoms with Crippen LogP contribution in [0.15, 0.2) is 23.0 Å². The second kappa shape index (κ2) is 7.57. The molecular formula is C17H17ClFN3O4. The first-order valence-corrected chi connectivity index (χ1v) is 8.02. The van der Waals surface area contributed by atoms with Crippen LogP contribution in [0.4, 0.5) is 4.39 Å². The Hall–Kier alpha value is -2.87. The lowest BCUT2D eigenvalue weighted by Gasteiger charge is -2.20. The van der Waals surface area contributed by atoms with Crippen LogP contribution in [-0.2, 0) is 13.0 Å². The zero-order chi connectivity index (χ0) is 19.6. The molecule has 0 spiro atoms. The molecule has 1 aromatic heterocycles. The topological polar surface area (TPSA) is 116 Å². The Labute approximate surface area is 153 Å². The minimum Gasteiger partial charge on any atom is -0.502 e. The molecule has 2 rings (SSSR count). The highest BCUT2D eigenvalue weighted by Gasteiger charge is 2.26. The number of pyridine rings is 1. The summed E-state index contributed by atoms with van der Waals surface area (Å²) in [7, 11) is 1.43. The van der Waals surface area contributed by atoms with Crippen LogP contribution in [0.25, 0.3) is 0 Å². The number of benzene rings is 1. The van der Waals surface area contributed by atoms with Crippen LogP contribution in [0, 0.1) is 5.82 Å². The van der Waals surface area contributed by atoms with Crippen LogP contribution in [0.2, 0.25) is 5.02 Å². The number of hydrogen-bond donors (Lipinski definition) is 3. The van der Waals surface area contributed by atoms with E-state index in [4.69, 9.17) is 17.3 Å². The van der Waals surface area contributed by atoms with Crippen molar-refractivity contribution < 1.29 is 19.1 Å². The molecule has 0 fully saturated rings. The van der Waals surface area contributed by atoms with E-state index in [1.54, 1.807) is 6.92 Å². The van der Waals surface area contributed by atoms with Crippen LogP contribution in [0.1, 0.15) is 38.9 Å². The molecule has 26 heavy (non-hydrogen) atoms. The van der Waals surface area contributed by atoms with E-state index in [2.05, 4.69) is 4.98 Å². The average Bonchev–Trinajstić information content (AvgIpc) is 2.59. The fourth-order valence-electron chi connectivity index (χ4n) is 2.60. The number of aromatic hydroxyl groups is 1. The summed E-state index contributed by atoms with van der Waals surface area (Å²) >= 11 is 5.73. The Morgan fingerprint density at radius 2 is 2.04 bits per heavy atom. The molecule has 0 aliphatic carbocycles. The van der Waals surface area contributed by atoms with Crippen molar-refractivity contribution in [2.45, 2.75) is 19.9 Å². The summed E-state index contributed by atoms with van der Waals surface area (Å²) in [5, 5.41) is 9.98. The van der Waals surface area contributed by atoms with E-state index in [0.29, 0.717) is 5.56 Å². The van der Waals surface area contributed by atoms with E-state index in [-0.39, 0.29) is 34.8 Å². The van der Waals surface area contributed by atoms with Gasteiger partial charge in [0.25, 0.3) is 17.4 Å². The van der Waals surface area contributed by atoms with Gasteiger partial charge in [0.05, 0.1) is 10.6 Å². The number of primary amides is 1. The molecule has 2 aromatic rings. The van der Waals surface area contributed by atoms with E-state index >= 15 is 0 Å². The van der Waals surface area contributed by atoms with Crippen molar-refractivity contribution in [1.82, 2.24) is 9.88 Å². The number of nitrogens with two attached hydrogens (primary N) is 1. The number of nitrogens with one attached hydrogen (secondary N) is 1. The maximum atomic E-state index is 13.2. The lowest BCUT2D eigenvalue weighted by Crippen LogP contribution is -2.31. The van der Waals surface area contributed by atoms with E-state index < -0.39 is 28.9 Å². The quantitative estimate of drug-likeness (QED) is 0.732. The first kappa shape index (κ1) is 19.5. The van der Waals surface area contributed by atoms with Gasteiger partial charge in [-0.15, -0.1) is 0 Å². The number of aromatic nitrogens is 1. The van der Waals surface area contributed by atoms with Crippen molar-refractivity contribution in [1.29, 1.82) is 0 Å². The van der Waals surface area contributed by atoms with Crippen LogP contribution in [0.3, 0.4) is 0 Å². The van der Waals surface area contributed by atoms with Crippen LogP contribution < -0.4 is 11.3 Å². The molecule has 0 aliphatic rings. The summed E-state index contributed by atoms with van der Waals surface area (Å²) in [6.45, 7) is 1.69. The van der Waals surface area contributed by atoms with Gasteiger partial charge in [0.1, 0.15) is 11.5 Å². The molecule has 7 nitrogen and oxygen atoms in total. The molecule has 0 atom stereocenters. The van der Waals surface area contributed by atoms with Crippen LogP contribution in [0.5, 0.6) is 5.75 Å². The number of carbonyl (C=O) groups excluding carboxylic acids is 2. The summed E-state index contributed by atoms with van der Waals surface area (Å²) in [5.41, 5.74) is 4.43. The third-order valence-electron chi connectivity index (χ3n) is 3.86. The SMILES string of the molecule is CCc1c(C(N)=O)[nH]c(=O)c(O)c1C(=O)N(C)Cc1ccc(F)c(Cl)c1. The van der Waals surface area contributed by atoms with Crippen molar-refractivity contribution in [3.8, 4) is 5.75 Å². The van der Waals surface area contributed by atoms with E-state index in [1.165, 1.54) is 30.1 Å². The minimum atomic E-state index is -0.988. The first-order chi connectivity index (χ1) is 12.2. The van der Waals surface area contributed by atoms with E-state index in [9.17, 15) is 23.9 Å². The van der Waals surface area contributed by atoms with E-state index in [0.717, 1.165) is 0 Å². The van der Waals surface area contributed by atoms with Gasteiger partial charge in [-0.2, -0.15) is 0 Å². The normalized spacial score (nSPS) is 10.6. The van der Waals surface area contributed by atoms with Gasteiger partial charge in [0.15, 0.2) is 5.75 Å². The second-order valence-electron chi connectivity index (χ2n) is 5.66. The van der Waals surface area contributed by atoms with E-state index in [1.807, 2.05) is 0 Å².